The molecule has 4 aromatic rings. The molecule has 9 nitrogen and oxygen atoms in total. The zero-order valence-corrected chi connectivity index (χ0v) is 28.3. The molecule has 0 spiro atoms. The van der Waals surface area contributed by atoms with Crippen LogP contribution in [-0.4, -0.2) is 57.5 Å². The van der Waals surface area contributed by atoms with Crippen LogP contribution in [0.25, 0.3) is 0 Å². The lowest BCUT2D eigenvalue weighted by Gasteiger charge is -2.35. The van der Waals surface area contributed by atoms with E-state index in [1.165, 1.54) is 73.7 Å². The third-order valence-electron chi connectivity index (χ3n) is 7.37. The Labute approximate surface area is 280 Å². The van der Waals surface area contributed by atoms with E-state index in [1.54, 1.807) is 0 Å². The van der Waals surface area contributed by atoms with Crippen LogP contribution in [-0.2, 0) is 32.6 Å². The molecule has 0 radical (unpaired) electrons. The van der Waals surface area contributed by atoms with E-state index < -0.39 is 51.6 Å². The van der Waals surface area contributed by atoms with Gasteiger partial charge in [0.05, 0.1) is 24.8 Å². The summed E-state index contributed by atoms with van der Waals surface area (Å²) in [5.74, 6) is -1.83. The lowest BCUT2D eigenvalue weighted by atomic mass is 10.0. The number of benzene rings is 4. The molecule has 0 unspecified atom stereocenters. The molecule has 0 aliphatic carbocycles. The summed E-state index contributed by atoms with van der Waals surface area (Å²) >= 11 is 0. The molecule has 48 heavy (non-hydrogen) atoms. The summed E-state index contributed by atoms with van der Waals surface area (Å²) < 4.78 is 67.8. The number of rotatable bonds is 13. The molecule has 0 heterocycles. The highest BCUT2D eigenvalue weighted by Gasteiger charge is 2.36. The third-order valence-corrected chi connectivity index (χ3v) is 9.14. The third kappa shape index (κ3) is 9.09. The Bertz CT molecular complexity index is 1810. The monoisotopic (exact) mass is 679 g/mol. The lowest BCUT2D eigenvalue weighted by Crippen LogP contribution is -2.56. The highest BCUT2D eigenvalue weighted by Crippen LogP contribution is 2.32. The van der Waals surface area contributed by atoms with E-state index >= 15 is 0 Å². The normalized spacial score (nSPS) is 12.1. The molecule has 254 valence electrons. The van der Waals surface area contributed by atoms with Gasteiger partial charge in [-0.1, -0.05) is 42.5 Å². The fraction of sp³-hybridized carbons (Fsp3) is 0.278. The highest BCUT2D eigenvalue weighted by atomic mass is 32.2. The Balaban J connectivity index is 1.83. The fourth-order valence-corrected chi connectivity index (χ4v) is 6.46. The molecule has 1 atom stereocenters. The molecule has 4 aromatic carbocycles. The molecule has 0 saturated carbocycles. The summed E-state index contributed by atoms with van der Waals surface area (Å²) in [6.07, 6.45) is 0.106. The number of sulfonamides is 1. The molecule has 1 N–H and O–H groups in total. The summed E-state index contributed by atoms with van der Waals surface area (Å²) in [5.41, 5.74) is 0.632. The maximum Gasteiger partial charge on any atom is 0.264 e. The first-order valence-corrected chi connectivity index (χ1v) is 16.6. The first-order valence-electron chi connectivity index (χ1n) is 15.1. The van der Waals surface area contributed by atoms with Crippen molar-refractivity contribution in [2.75, 3.05) is 25.1 Å². The van der Waals surface area contributed by atoms with Crippen LogP contribution in [0.5, 0.6) is 11.5 Å². The number of anilines is 1. The van der Waals surface area contributed by atoms with Crippen molar-refractivity contribution >= 4 is 27.5 Å². The fourth-order valence-electron chi connectivity index (χ4n) is 5.03. The highest BCUT2D eigenvalue weighted by molar-refractivity contribution is 7.92. The first kappa shape index (κ1) is 35.9. The van der Waals surface area contributed by atoms with Crippen molar-refractivity contribution in [1.82, 2.24) is 10.2 Å². The molecule has 0 aliphatic heterocycles. The molecule has 0 saturated heterocycles. The zero-order chi connectivity index (χ0) is 35.1. The van der Waals surface area contributed by atoms with Crippen LogP contribution >= 0.6 is 0 Å². The van der Waals surface area contributed by atoms with E-state index in [0.717, 1.165) is 22.0 Å². The van der Waals surface area contributed by atoms with E-state index in [9.17, 15) is 26.8 Å². The Morgan fingerprint density at radius 1 is 0.792 bits per heavy atom. The minimum atomic E-state index is -4.49. The van der Waals surface area contributed by atoms with Crippen molar-refractivity contribution in [1.29, 1.82) is 0 Å². The molecule has 4 rings (SSSR count). The molecular formula is C36H39F2N3O6S. The molecule has 0 bridgehead atoms. The second-order valence-electron chi connectivity index (χ2n) is 12.1. The van der Waals surface area contributed by atoms with E-state index in [4.69, 9.17) is 9.47 Å². The molecule has 0 aromatic heterocycles. The number of halogens is 2. The maximum atomic E-state index is 14.5. The molecule has 2 amide bonds. The summed E-state index contributed by atoms with van der Waals surface area (Å²) in [5, 5.41) is 2.95. The summed E-state index contributed by atoms with van der Waals surface area (Å²) in [6, 6.07) is 22.1. The standard InChI is InChI=1S/C36H39F2N3O6S/c1-36(2,3)39-35(43)31(21-25-9-7-6-8-10-25)40(23-26-11-13-27(37)14-12-26)34(42)24-41(29-17-15-28(38)16-18-29)48(44,45)30-19-20-32(46-4)33(22-30)47-5/h6-20,22,31H,21,23-24H2,1-5H3,(H,39,43)/t31-/m0/s1. The minimum Gasteiger partial charge on any atom is -0.493 e. The number of methoxy groups -OCH3 is 2. The van der Waals surface area contributed by atoms with Crippen molar-refractivity contribution in [2.24, 2.45) is 0 Å². The second-order valence-corrected chi connectivity index (χ2v) is 14.0. The molecule has 0 fully saturated rings. The van der Waals surface area contributed by atoms with Crippen molar-refractivity contribution < 1.29 is 36.3 Å². The van der Waals surface area contributed by atoms with Crippen LogP contribution in [0.2, 0.25) is 0 Å². The molecular weight excluding hydrogens is 640 g/mol. The van der Waals surface area contributed by atoms with Gasteiger partial charge < -0.3 is 19.7 Å². The molecule has 0 aliphatic rings. The minimum absolute atomic E-state index is 0.0139. The van der Waals surface area contributed by atoms with Gasteiger partial charge in [0.25, 0.3) is 10.0 Å². The van der Waals surface area contributed by atoms with Crippen LogP contribution in [0.1, 0.15) is 31.9 Å². The summed E-state index contributed by atoms with van der Waals surface area (Å²) in [4.78, 5) is 29.5. The van der Waals surface area contributed by atoms with Gasteiger partial charge in [0.2, 0.25) is 11.8 Å². The quantitative estimate of drug-likeness (QED) is 0.194. The predicted molar refractivity (Wildman–Crippen MR) is 179 cm³/mol. The van der Waals surface area contributed by atoms with Gasteiger partial charge in [0.1, 0.15) is 24.2 Å². The number of carbonyl (C=O) groups is 2. The average molecular weight is 680 g/mol. The van der Waals surface area contributed by atoms with Gasteiger partial charge in [0, 0.05) is 24.6 Å². The van der Waals surface area contributed by atoms with Gasteiger partial charge >= 0.3 is 0 Å². The second kappa shape index (κ2) is 15.3. The number of hydrogen-bond donors (Lipinski definition) is 1. The largest absolute Gasteiger partial charge is 0.493 e. The lowest BCUT2D eigenvalue weighted by molar-refractivity contribution is -0.140. The Morgan fingerprint density at radius 2 is 1.38 bits per heavy atom. The van der Waals surface area contributed by atoms with Crippen molar-refractivity contribution in [2.45, 2.75) is 50.2 Å². The van der Waals surface area contributed by atoms with Crippen LogP contribution in [0.3, 0.4) is 0 Å². The number of ether oxygens (including phenoxy) is 2. The zero-order valence-electron chi connectivity index (χ0n) is 27.4. The Kier molecular flexibility index (Phi) is 11.4. The van der Waals surface area contributed by atoms with Gasteiger partial charge in [-0.15, -0.1) is 0 Å². The van der Waals surface area contributed by atoms with Crippen molar-refractivity contribution in [3.63, 3.8) is 0 Å². The van der Waals surface area contributed by atoms with Gasteiger partial charge in [-0.05, 0) is 80.4 Å². The van der Waals surface area contributed by atoms with Gasteiger partial charge in [-0.3, -0.25) is 13.9 Å². The average Bonchev–Trinajstić information content (AvgIpc) is 3.05. The number of hydrogen-bond acceptors (Lipinski definition) is 6. The van der Waals surface area contributed by atoms with Crippen LogP contribution in [0.15, 0.2) is 102 Å². The van der Waals surface area contributed by atoms with Crippen LogP contribution < -0.4 is 19.1 Å². The smallest absolute Gasteiger partial charge is 0.264 e. The van der Waals surface area contributed by atoms with Crippen molar-refractivity contribution in [3.8, 4) is 11.5 Å². The first-order chi connectivity index (χ1) is 22.7. The Hall–Kier alpha value is -4.97. The summed E-state index contributed by atoms with van der Waals surface area (Å²) in [6.45, 7) is 4.53. The van der Waals surface area contributed by atoms with E-state index in [2.05, 4.69) is 5.32 Å². The predicted octanol–water partition coefficient (Wildman–Crippen LogP) is 5.73. The Morgan fingerprint density at radius 3 is 1.94 bits per heavy atom. The number of nitrogens with zero attached hydrogens (tertiary/aromatic N) is 2. The van der Waals surface area contributed by atoms with Gasteiger partial charge in [0.15, 0.2) is 11.5 Å². The van der Waals surface area contributed by atoms with Gasteiger partial charge in [-0.2, -0.15) is 0 Å². The number of nitrogens with one attached hydrogen (secondary N) is 1. The van der Waals surface area contributed by atoms with E-state index in [1.807, 2.05) is 51.1 Å². The molecule has 12 heteroatoms. The van der Waals surface area contributed by atoms with E-state index in [0.29, 0.717) is 11.3 Å². The topological polar surface area (TPSA) is 105 Å². The number of amides is 2. The maximum absolute atomic E-state index is 14.5. The van der Waals surface area contributed by atoms with Crippen molar-refractivity contribution in [3.05, 3.63) is 120 Å². The SMILES string of the molecule is COc1ccc(S(=O)(=O)N(CC(=O)N(Cc2ccc(F)cc2)[C@@H](Cc2ccccc2)C(=O)NC(C)(C)C)c2ccc(F)cc2)cc1OC. The summed E-state index contributed by atoms with van der Waals surface area (Å²) in [7, 11) is -1.72. The number of carbonyl (C=O) groups excluding carboxylic acids is 2. The van der Waals surface area contributed by atoms with Crippen LogP contribution in [0.4, 0.5) is 14.5 Å². The van der Waals surface area contributed by atoms with Gasteiger partial charge in [-0.25, -0.2) is 17.2 Å². The van der Waals surface area contributed by atoms with Crippen LogP contribution in [0, 0.1) is 11.6 Å². The van der Waals surface area contributed by atoms with E-state index in [-0.39, 0.29) is 29.3 Å².